The molecule has 206 valence electrons. The molecule has 4 atom stereocenters. The summed E-state index contributed by atoms with van der Waals surface area (Å²) in [6, 6.07) is 1.56. The first-order chi connectivity index (χ1) is 17.4. The van der Waals surface area contributed by atoms with Crippen molar-refractivity contribution in [2.24, 2.45) is 17.3 Å². The van der Waals surface area contributed by atoms with Crippen LogP contribution in [0.1, 0.15) is 50.1 Å². The molecule has 9 nitrogen and oxygen atoms in total. The molecule has 1 amide bonds. The van der Waals surface area contributed by atoms with Gasteiger partial charge >= 0.3 is 12.1 Å². The summed E-state index contributed by atoms with van der Waals surface area (Å²) < 4.78 is 49.1. The highest BCUT2D eigenvalue weighted by molar-refractivity contribution is 5.91. The first-order valence-electron chi connectivity index (χ1n) is 12.6. The number of fused-ring (bicyclic) bond motifs is 1. The van der Waals surface area contributed by atoms with Crippen molar-refractivity contribution in [2.45, 2.75) is 57.4 Å². The van der Waals surface area contributed by atoms with E-state index in [1.165, 1.54) is 19.0 Å². The molecule has 1 aromatic rings. The number of carboxylic acid groups (broad SMARTS) is 1. The molecule has 1 saturated carbocycles. The number of halogens is 3. The maximum absolute atomic E-state index is 12.1. The fourth-order valence-corrected chi connectivity index (χ4v) is 5.92. The predicted octanol–water partition coefficient (Wildman–Crippen LogP) is 3.28. The van der Waals surface area contributed by atoms with E-state index in [1.54, 1.807) is 11.6 Å². The molecule has 0 radical (unpaired) electrons. The summed E-state index contributed by atoms with van der Waals surface area (Å²) in [5.74, 6) is -1.17. The van der Waals surface area contributed by atoms with Crippen molar-refractivity contribution >= 4 is 11.9 Å². The van der Waals surface area contributed by atoms with Gasteiger partial charge in [0.2, 0.25) is 5.76 Å². The SMILES string of the molecule is CC1(C)[C@H]2CC=C(CN3CCOC[C@@]4(CC[C@H](CNC(=O)c5ccno5)O4)C3)[C@@H]1C2.O=C(O)C(F)(F)F. The smallest absolute Gasteiger partial charge is 0.475 e. The summed E-state index contributed by atoms with van der Waals surface area (Å²) in [6.45, 7) is 9.60. The minimum Gasteiger partial charge on any atom is -0.475 e. The lowest BCUT2D eigenvalue weighted by Gasteiger charge is -2.57. The summed E-state index contributed by atoms with van der Waals surface area (Å²) >= 11 is 0. The van der Waals surface area contributed by atoms with Crippen LogP contribution in [-0.2, 0) is 14.3 Å². The van der Waals surface area contributed by atoms with E-state index in [-0.39, 0.29) is 23.4 Å². The Kier molecular flexibility index (Phi) is 8.01. The van der Waals surface area contributed by atoms with Crippen molar-refractivity contribution < 1.29 is 41.9 Å². The number of carbonyl (C=O) groups is 2. The van der Waals surface area contributed by atoms with Crippen LogP contribution in [0.4, 0.5) is 13.2 Å². The zero-order valence-electron chi connectivity index (χ0n) is 21.1. The Morgan fingerprint density at radius 3 is 2.70 bits per heavy atom. The van der Waals surface area contributed by atoms with Crippen molar-refractivity contribution in [2.75, 3.05) is 39.4 Å². The van der Waals surface area contributed by atoms with E-state index in [0.29, 0.717) is 18.6 Å². The molecule has 5 aliphatic rings. The van der Waals surface area contributed by atoms with Crippen molar-refractivity contribution in [1.29, 1.82) is 0 Å². The van der Waals surface area contributed by atoms with Crippen LogP contribution in [-0.4, -0.2) is 84.3 Å². The lowest BCUT2D eigenvalue weighted by atomic mass is 9.49. The molecule has 6 rings (SSSR count). The number of aromatic nitrogens is 1. The van der Waals surface area contributed by atoms with E-state index in [4.69, 9.17) is 23.9 Å². The second-order valence-electron chi connectivity index (χ2n) is 10.9. The molecule has 12 heteroatoms. The Morgan fingerprint density at radius 2 is 2.08 bits per heavy atom. The van der Waals surface area contributed by atoms with Gasteiger partial charge in [0.05, 0.1) is 25.5 Å². The summed E-state index contributed by atoms with van der Waals surface area (Å²) in [5, 5.41) is 13.6. The average molecular weight is 530 g/mol. The van der Waals surface area contributed by atoms with Crippen LogP contribution in [0.2, 0.25) is 0 Å². The van der Waals surface area contributed by atoms with Crippen LogP contribution in [0.25, 0.3) is 0 Å². The number of amides is 1. The maximum atomic E-state index is 12.1. The first-order valence-corrected chi connectivity index (χ1v) is 12.6. The van der Waals surface area contributed by atoms with Gasteiger partial charge in [-0.15, -0.1) is 0 Å². The minimum atomic E-state index is -5.08. The van der Waals surface area contributed by atoms with Gasteiger partial charge in [0.15, 0.2) is 0 Å². The number of carbonyl (C=O) groups excluding carboxylic acids is 1. The molecular formula is C25H34F3N3O6. The van der Waals surface area contributed by atoms with Crippen LogP contribution in [0.15, 0.2) is 28.4 Å². The van der Waals surface area contributed by atoms with Crippen LogP contribution in [0.5, 0.6) is 0 Å². The van der Waals surface area contributed by atoms with Gasteiger partial charge in [-0.25, -0.2) is 4.79 Å². The Hall–Kier alpha value is -2.44. The fourth-order valence-electron chi connectivity index (χ4n) is 5.92. The Balaban J connectivity index is 0.000000405. The van der Waals surface area contributed by atoms with Gasteiger partial charge in [-0.2, -0.15) is 13.2 Å². The average Bonchev–Trinajstić information content (AvgIpc) is 3.46. The molecule has 2 aliphatic heterocycles. The van der Waals surface area contributed by atoms with Crippen LogP contribution in [0.3, 0.4) is 0 Å². The molecule has 37 heavy (non-hydrogen) atoms. The summed E-state index contributed by atoms with van der Waals surface area (Å²) in [6.07, 6.45) is 3.37. The van der Waals surface area contributed by atoms with E-state index >= 15 is 0 Å². The van der Waals surface area contributed by atoms with E-state index in [1.807, 2.05) is 0 Å². The van der Waals surface area contributed by atoms with Gasteiger partial charge in [0, 0.05) is 32.2 Å². The fraction of sp³-hybridized carbons (Fsp3) is 0.720. The molecule has 2 bridgehead atoms. The third kappa shape index (κ3) is 6.35. The maximum Gasteiger partial charge on any atom is 0.490 e. The molecule has 2 N–H and O–H groups in total. The number of allylic oxidation sites excluding steroid dienone is 1. The van der Waals surface area contributed by atoms with Crippen LogP contribution in [0, 0.1) is 17.3 Å². The number of hydrogen-bond donors (Lipinski definition) is 2. The Morgan fingerprint density at radius 1 is 1.32 bits per heavy atom. The first kappa shape index (κ1) is 27.6. The third-order valence-electron chi connectivity index (χ3n) is 8.15. The van der Waals surface area contributed by atoms with Gasteiger partial charge < -0.3 is 24.4 Å². The molecule has 1 spiro atoms. The standard InChI is InChI=1S/C23H33N3O4.C2HF3O2/c1-22(2)17-4-3-16(19(22)11-17)13-26-9-10-28-15-23(14-26)7-5-18(29-23)12-24-21(27)20-6-8-25-30-20;3-2(4,5)1(6)7/h3,6,8,17-19H,4-5,7,9-15H2,1-2H3,(H,24,27);(H,6,7)/t17-,18+,19-,23+;/m0./s1. The third-order valence-corrected chi connectivity index (χ3v) is 8.15. The molecule has 1 aromatic heterocycles. The second-order valence-corrected chi connectivity index (χ2v) is 10.9. The number of nitrogens with zero attached hydrogens (tertiary/aromatic N) is 2. The summed E-state index contributed by atoms with van der Waals surface area (Å²) in [5.41, 5.74) is 1.81. The molecule has 2 saturated heterocycles. The Labute approximate surface area is 213 Å². The van der Waals surface area contributed by atoms with Gasteiger partial charge in [-0.05, 0) is 42.9 Å². The van der Waals surface area contributed by atoms with Crippen molar-refractivity contribution in [3.63, 3.8) is 0 Å². The van der Waals surface area contributed by atoms with Crippen molar-refractivity contribution in [1.82, 2.24) is 15.4 Å². The second kappa shape index (κ2) is 10.7. The molecule has 3 heterocycles. The predicted molar refractivity (Wildman–Crippen MR) is 125 cm³/mol. The quantitative estimate of drug-likeness (QED) is 0.559. The molecule has 3 aliphatic carbocycles. The zero-order valence-corrected chi connectivity index (χ0v) is 21.1. The van der Waals surface area contributed by atoms with E-state index in [2.05, 4.69) is 35.3 Å². The summed E-state index contributed by atoms with van der Waals surface area (Å²) in [7, 11) is 0. The van der Waals surface area contributed by atoms with Gasteiger partial charge in [0.25, 0.3) is 5.91 Å². The zero-order chi connectivity index (χ0) is 26.8. The van der Waals surface area contributed by atoms with Gasteiger partial charge in [-0.3, -0.25) is 9.69 Å². The molecule has 3 fully saturated rings. The highest BCUT2D eigenvalue weighted by atomic mass is 19.4. The molecule has 0 aromatic carbocycles. The number of carboxylic acids is 1. The van der Waals surface area contributed by atoms with E-state index < -0.39 is 12.1 Å². The monoisotopic (exact) mass is 529 g/mol. The largest absolute Gasteiger partial charge is 0.490 e. The number of ether oxygens (including phenoxy) is 2. The van der Waals surface area contributed by atoms with Crippen LogP contribution >= 0.6 is 0 Å². The number of rotatable bonds is 5. The lowest BCUT2D eigenvalue weighted by molar-refractivity contribution is -0.192. The Bertz CT molecular complexity index is 996. The van der Waals surface area contributed by atoms with Crippen molar-refractivity contribution in [3.8, 4) is 0 Å². The number of aliphatic carboxylic acids is 1. The van der Waals surface area contributed by atoms with Crippen LogP contribution < -0.4 is 5.32 Å². The number of alkyl halides is 3. The molecule has 0 unspecified atom stereocenters. The van der Waals surface area contributed by atoms with Gasteiger partial charge in [-0.1, -0.05) is 30.7 Å². The summed E-state index contributed by atoms with van der Waals surface area (Å²) in [4.78, 5) is 23.5. The minimum absolute atomic E-state index is 0.000594. The highest BCUT2D eigenvalue weighted by Gasteiger charge is 2.51. The van der Waals surface area contributed by atoms with Gasteiger partial charge in [0.1, 0.15) is 5.60 Å². The topological polar surface area (TPSA) is 114 Å². The van der Waals surface area contributed by atoms with E-state index in [9.17, 15) is 18.0 Å². The van der Waals surface area contributed by atoms with E-state index in [0.717, 1.165) is 50.9 Å². The number of nitrogens with one attached hydrogen (secondary N) is 1. The van der Waals surface area contributed by atoms with Crippen molar-refractivity contribution in [3.05, 3.63) is 29.7 Å². The lowest BCUT2D eigenvalue weighted by Crippen LogP contribution is -2.51. The normalized spacial score (nSPS) is 30.9. The number of hydrogen-bond acceptors (Lipinski definition) is 7. The molecular weight excluding hydrogens is 495 g/mol. The highest BCUT2D eigenvalue weighted by Crippen LogP contribution is 2.59.